The van der Waals surface area contributed by atoms with E-state index in [-0.39, 0.29) is 5.97 Å². The van der Waals surface area contributed by atoms with Crippen molar-refractivity contribution in [2.45, 2.75) is 19.4 Å². The average Bonchev–Trinajstić information content (AvgIpc) is 2.69. The Hall–Kier alpha value is -3.07. The average molecular weight is 346 g/mol. The number of rotatable bonds is 7. The molecule has 3 aromatic rings. The molecule has 132 valence electrons. The Balaban J connectivity index is 1.73. The Kier molecular flexibility index (Phi) is 6.05. The summed E-state index contributed by atoms with van der Waals surface area (Å²) < 4.78 is 11.1. The lowest BCUT2D eigenvalue weighted by Gasteiger charge is -2.18. The lowest BCUT2D eigenvalue weighted by molar-refractivity contribution is -0.151. The molecule has 0 aliphatic carbocycles. The molecule has 0 aliphatic heterocycles. The van der Waals surface area contributed by atoms with E-state index in [1.165, 1.54) is 11.1 Å². The molecular weight excluding hydrogens is 324 g/mol. The summed E-state index contributed by atoms with van der Waals surface area (Å²) in [4.78, 5) is 12.3. The molecule has 0 spiro atoms. The summed E-state index contributed by atoms with van der Waals surface area (Å²) in [6, 6.07) is 27.6. The minimum atomic E-state index is -0.767. The smallest absolute Gasteiger partial charge is 0.352 e. The Morgan fingerprint density at radius 3 is 2.00 bits per heavy atom. The number of benzene rings is 3. The van der Waals surface area contributed by atoms with Crippen molar-refractivity contribution in [2.24, 2.45) is 0 Å². The van der Waals surface area contributed by atoms with Gasteiger partial charge in [0.2, 0.25) is 6.10 Å². The highest BCUT2D eigenvalue weighted by Gasteiger charge is 2.23. The van der Waals surface area contributed by atoms with Crippen LogP contribution in [0, 0.1) is 0 Å². The van der Waals surface area contributed by atoms with Gasteiger partial charge in [0.05, 0.1) is 6.61 Å². The van der Waals surface area contributed by atoms with E-state index < -0.39 is 6.10 Å². The van der Waals surface area contributed by atoms with Crippen molar-refractivity contribution in [3.8, 4) is 5.75 Å². The van der Waals surface area contributed by atoms with Crippen molar-refractivity contribution in [1.29, 1.82) is 0 Å². The fourth-order valence-corrected chi connectivity index (χ4v) is 2.75. The molecule has 1 unspecified atom stereocenters. The van der Waals surface area contributed by atoms with Gasteiger partial charge >= 0.3 is 5.97 Å². The van der Waals surface area contributed by atoms with Gasteiger partial charge in [0.1, 0.15) is 5.75 Å². The van der Waals surface area contributed by atoms with E-state index in [2.05, 4.69) is 12.1 Å². The molecule has 0 fully saturated rings. The van der Waals surface area contributed by atoms with E-state index in [9.17, 15) is 4.79 Å². The van der Waals surface area contributed by atoms with Crippen LogP contribution in [0.1, 0.15) is 29.7 Å². The lowest BCUT2D eigenvalue weighted by atomic mass is 10.1. The number of carbonyl (C=O) groups excluding carboxylic acids is 1. The van der Waals surface area contributed by atoms with Gasteiger partial charge in [-0.2, -0.15) is 0 Å². The molecule has 0 radical (unpaired) electrons. The van der Waals surface area contributed by atoms with Gasteiger partial charge in [-0.1, -0.05) is 72.8 Å². The van der Waals surface area contributed by atoms with E-state index in [0.717, 1.165) is 12.0 Å². The van der Waals surface area contributed by atoms with Crippen LogP contribution in [-0.4, -0.2) is 12.6 Å². The Morgan fingerprint density at radius 2 is 1.38 bits per heavy atom. The zero-order valence-electron chi connectivity index (χ0n) is 14.8. The first-order valence-corrected chi connectivity index (χ1v) is 8.77. The predicted molar refractivity (Wildman–Crippen MR) is 102 cm³/mol. The number of hydrogen-bond acceptors (Lipinski definition) is 3. The van der Waals surface area contributed by atoms with E-state index in [4.69, 9.17) is 9.47 Å². The molecule has 3 heteroatoms. The second-order valence-electron chi connectivity index (χ2n) is 5.97. The molecule has 0 aliphatic rings. The van der Waals surface area contributed by atoms with Gasteiger partial charge in [0.25, 0.3) is 0 Å². The van der Waals surface area contributed by atoms with Crippen LogP contribution >= 0.6 is 0 Å². The van der Waals surface area contributed by atoms with Crippen LogP contribution in [0.2, 0.25) is 0 Å². The molecule has 0 aromatic heterocycles. The summed E-state index contributed by atoms with van der Waals surface area (Å²) >= 11 is 0. The normalized spacial score (nSPS) is 11.6. The first kappa shape index (κ1) is 17.7. The quantitative estimate of drug-likeness (QED) is 0.567. The summed E-state index contributed by atoms with van der Waals surface area (Å²) in [7, 11) is 0. The Bertz CT molecular complexity index is 811. The molecule has 0 saturated carbocycles. The standard InChI is InChI=1S/C23H22O3/c1-2-25-23(24)22(20-11-7-4-8-12-20)26-21-15-13-19(14-16-21)17-18-9-5-3-6-10-18/h3-16,22H,2,17H2,1H3. The zero-order valence-corrected chi connectivity index (χ0v) is 14.8. The monoisotopic (exact) mass is 346 g/mol. The van der Waals surface area contributed by atoms with Crippen molar-refractivity contribution in [3.05, 3.63) is 102 Å². The molecule has 0 bridgehead atoms. The van der Waals surface area contributed by atoms with Gasteiger partial charge in [-0.15, -0.1) is 0 Å². The molecular formula is C23H22O3. The van der Waals surface area contributed by atoms with Crippen LogP contribution in [0.3, 0.4) is 0 Å². The summed E-state index contributed by atoms with van der Waals surface area (Å²) in [6.45, 7) is 2.11. The first-order valence-electron chi connectivity index (χ1n) is 8.77. The SMILES string of the molecule is CCOC(=O)C(Oc1ccc(Cc2ccccc2)cc1)c1ccccc1. The molecule has 1 atom stereocenters. The Labute approximate surface area is 154 Å². The summed E-state index contributed by atoms with van der Waals surface area (Å²) in [5.41, 5.74) is 3.23. The minimum Gasteiger partial charge on any atom is -0.474 e. The second-order valence-corrected chi connectivity index (χ2v) is 5.97. The Morgan fingerprint density at radius 1 is 0.808 bits per heavy atom. The first-order chi connectivity index (χ1) is 12.8. The summed E-state index contributed by atoms with van der Waals surface area (Å²) in [6.07, 6.45) is 0.0947. The zero-order chi connectivity index (χ0) is 18.2. The highest BCUT2D eigenvalue weighted by molar-refractivity contribution is 5.77. The van der Waals surface area contributed by atoms with E-state index >= 15 is 0 Å². The van der Waals surface area contributed by atoms with Gasteiger partial charge in [-0.3, -0.25) is 0 Å². The molecule has 3 nitrogen and oxygen atoms in total. The van der Waals surface area contributed by atoms with Crippen molar-refractivity contribution in [3.63, 3.8) is 0 Å². The highest BCUT2D eigenvalue weighted by atomic mass is 16.6. The maximum absolute atomic E-state index is 12.3. The third-order valence-corrected chi connectivity index (χ3v) is 4.03. The van der Waals surface area contributed by atoms with Crippen LogP contribution in [0.4, 0.5) is 0 Å². The number of hydrogen-bond donors (Lipinski definition) is 0. The fourth-order valence-electron chi connectivity index (χ4n) is 2.75. The maximum Gasteiger partial charge on any atom is 0.352 e. The topological polar surface area (TPSA) is 35.5 Å². The van der Waals surface area contributed by atoms with Crippen molar-refractivity contribution < 1.29 is 14.3 Å². The predicted octanol–water partition coefficient (Wildman–Crippen LogP) is 4.96. The molecule has 0 N–H and O–H groups in total. The summed E-state index contributed by atoms with van der Waals surface area (Å²) in [5.74, 6) is 0.260. The number of ether oxygens (including phenoxy) is 2. The third kappa shape index (κ3) is 4.73. The fraction of sp³-hybridized carbons (Fsp3) is 0.174. The molecule has 0 heterocycles. The second kappa shape index (κ2) is 8.86. The molecule has 3 aromatic carbocycles. The van der Waals surface area contributed by atoms with Gasteiger partial charge < -0.3 is 9.47 Å². The third-order valence-electron chi connectivity index (χ3n) is 4.03. The van der Waals surface area contributed by atoms with Crippen LogP contribution in [0.5, 0.6) is 5.75 Å². The van der Waals surface area contributed by atoms with Gasteiger partial charge in [0, 0.05) is 5.56 Å². The van der Waals surface area contributed by atoms with E-state index in [1.54, 1.807) is 6.92 Å². The van der Waals surface area contributed by atoms with Crippen molar-refractivity contribution in [2.75, 3.05) is 6.61 Å². The minimum absolute atomic E-state index is 0.321. The van der Waals surface area contributed by atoms with Crippen LogP contribution in [-0.2, 0) is 16.0 Å². The molecule has 0 amide bonds. The van der Waals surface area contributed by atoms with Crippen molar-refractivity contribution >= 4 is 5.97 Å². The maximum atomic E-state index is 12.3. The lowest BCUT2D eigenvalue weighted by Crippen LogP contribution is -2.21. The van der Waals surface area contributed by atoms with Gasteiger partial charge in [-0.25, -0.2) is 4.79 Å². The number of carbonyl (C=O) groups is 1. The van der Waals surface area contributed by atoms with Crippen LogP contribution in [0.15, 0.2) is 84.9 Å². The molecule has 26 heavy (non-hydrogen) atoms. The molecule has 0 saturated heterocycles. The molecule has 3 rings (SSSR count). The number of esters is 1. The van der Waals surface area contributed by atoms with Crippen LogP contribution < -0.4 is 4.74 Å². The van der Waals surface area contributed by atoms with E-state index in [0.29, 0.717) is 12.4 Å². The summed E-state index contributed by atoms with van der Waals surface area (Å²) in [5, 5.41) is 0. The van der Waals surface area contributed by atoms with Crippen LogP contribution in [0.25, 0.3) is 0 Å². The van der Waals surface area contributed by atoms with Gasteiger partial charge in [0.15, 0.2) is 0 Å². The van der Waals surface area contributed by atoms with Gasteiger partial charge in [-0.05, 0) is 36.6 Å². The largest absolute Gasteiger partial charge is 0.474 e. The van der Waals surface area contributed by atoms with E-state index in [1.807, 2.05) is 72.8 Å². The highest BCUT2D eigenvalue weighted by Crippen LogP contribution is 2.24. The van der Waals surface area contributed by atoms with Crippen molar-refractivity contribution in [1.82, 2.24) is 0 Å².